The van der Waals surface area contributed by atoms with Crippen LogP contribution in [-0.2, 0) is 18.1 Å². The van der Waals surface area contributed by atoms with Crippen LogP contribution in [0, 0.1) is 0 Å². The van der Waals surface area contributed by atoms with Crippen LogP contribution in [0.2, 0.25) is 15.1 Å². The van der Waals surface area contributed by atoms with Gasteiger partial charge in [-0.1, -0.05) is 179 Å². The summed E-state index contributed by atoms with van der Waals surface area (Å²) in [5, 5.41) is 2.54. The van der Waals surface area contributed by atoms with Crippen LogP contribution in [0.4, 0.5) is 34.1 Å². The Morgan fingerprint density at radius 2 is 0.519 bits per heavy atom. The minimum absolute atomic E-state index is 0.277. The lowest BCUT2D eigenvalue weighted by molar-refractivity contribution is 0.221. The monoisotopic (exact) mass is 1140 g/mol. The van der Waals surface area contributed by atoms with E-state index in [1.165, 1.54) is 35.3 Å². The summed E-state index contributed by atoms with van der Waals surface area (Å²) in [6.45, 7) is 0. The molecule has 3 aliphatic rings. The topological polar surface area (TPSA) is 54.5 Å². The van der Waals surface area contributed by atoms with Gasteiger partial charge in [-0.2, -0.15) is 4.57 Å². The summed E-state index contributed by atoms with van der Waals surface area (Å²) in [7, 11) is 1.04. The average molecular weight is 1140 g/mol. The van der Waals surface area contributed by atoms with Crippen molar-refractivity contribution in [2.75, 3.05) is 35.8 Å². The lowest BCUT2D eigenvalue weighted by atomic mass is 9.91. The van der Waals surface area contributed by atoms with Crippen molar-refractivity contribution in [3.63, 3.8) is 0 Å². The first-order valence-corrected chi connectivity index (χ1v) is 29.5. The van der Waals surface area contributed by atoms with Crippen molar-refractivity contribution >= 4 is 129 Å². The quantitative estimate of drug-likeness (QED) is 0.0672. The Labute approximate surface area is 476 Å². The van der Waals surface area contributed by atoms with Crippen molar-refractivity contribution < 1.29 is 18.1 Å². The number of hydrogen-bond acceptors (Lipinski definition) is 10. The van der Waals surface area contributed by atoms with Gasteiger partial charge in [0, 0.05) is 135 Å². The van der Waals surface area contributed by atoms with Crippen LogP contribution in [0.3, 0.4) is 0 Å². The fraction of sp³-hybridized carbons (Fsp3) is 0.0476. The van der Waals surface area contributed by atoms with E-state index in [4.69, 9.17) is 48.4 Å². The van der Waals surface area contributed by atoms with Crippen LogP contribution < -0.4 is 14.7 Å². The molecule has 0 N–H and O–H groups in total. The maximum atomic E-state index is 17.7. The molecule has 7 nitrogen and oxygen atoms in total. The zero-order valence-electron chi connectivity index (χ0n) is 41.6. The highest BCUT2D eigenvalue weighted by atomic mass is 35.5. The van der Waals surface area contributed by atoms with Crippen LogP contribution in [0.5, 0.6) is 0 Å². The number of hydrogen-bond donors (Lipinski definition) is 0. The molecule has 0 saturated carbocycles. The highest BCUT2D eigenvalue weighted by molar-refractivity contribution is 8.04. The van der Waals surface area contributed by atoms with Gasteiger partial charge >= 0.3 is 7.82 Å². The Morgan fingerprint density at radius 3 is 0.727 bits per heavy atom. The predicted molar refractivity (Wildman–Crippen MR) is 324 cm³/mol. The standard InChI is InChI=1S/C63H45Cl3N3O4PS3/c1-67-52-22-10-4-16-46(52)58(47-17-5-11-23-53(47)67)61(75-43-34-28-40(64)29-35-43)71-74(70,72-62(76-44-36-30-41(65)31-37-44)59-48-18-6-12-24-54(48)68(2)55-25-13-7-19-49(55)59)73-63(77-45-38-32-42(66)33-39-45)60-50-20-8-14-26-56(50)69(3)57-27-15-9-21-51(57)60/h4-39H,1-3H3. The van der Waals surface area contributed by atoms with E-state index in [0.29, 0.717) is 31.8 Å². The van der Waals surface area contributed by atoms with Gasteiger partial charge in [-0.25, -0.2) is 0 Å². The molecule has 0 spiro atoms. The number of benzene rings is 9. The molecule has 0 fully saturated rings. The fourth-order valence-corrected chi connectivity index (χ4v) is 15.0. The van der Waals surface area contributed by atoms with E-state index in [2.05, 4.69) is 87.5 Å². The molecule has 3 heterocycles. The Hall–Kier alpha value is -6.85. The van der Waals surface area contributed by atoms with Gasteiger partial charge < -0.3 is 28.3 Å². The summed E-state index contributed by atoms with van der Waals surface area (Å²) < 4.78 is 40.0. The predicted octanol–water partition coefficient (Wildman–Crippen LogP) is 20.0. The maximum Gasteiger partial charge on any atom is 0.648 e. The summed E-state index contributed by atoms with van der Waals surface area (Å²) in [5.74, 6) is 0. The third kappa shape index (κ3) is 10.0. The molecule has 9 aromatic rings. The van der Waals surface area contributed by atoms with Gasteiger partial charge in [-0.05, 0) is 109 Å². The van der Waals surface area contributed by atoms with Crippen LogP contribution in [0.25, 0.3) is 16.7 Å². The summed E-state index contributed by atoms with van der Waals surface area (Å²) in [6, 6.07) is 71.3. The average Bonchev–Trinajstić information content (AvgIpc) is 3.45. The van der Waals surface area contributed by atoms with Crippen LogP contribution >= 0.6 is 77.9 Å². The third-order valence-corrected chi connectivity index (χ3v) is 18.8. The molecular formula is C63H45Cl3N3O4PS3. The number of phosphoric ester groups is 1. The number of nitrogens with zero attached hydrogens (tertiary/aromatic N) is 3. The Bertz CT molecular complexity index is 3360. The lowest BCUT2D eigenvalue weighted by Gasteiger charge is -2.35. The zero-order chi connectivity index (χ0) is 52.8. The van der Waals surface area contributed by atoms with Crippen molar-refractivity contribution in [2.24, 2.45) is 0 Å². The number of rotatable bonds is 12. The molecule has 0 atom stereocenters. The molecule has 0 aromatic heterocycles. The number of anilines is 6. The smallest absolute Gasteiger partial charge is 0.378 e. The molecule has 0 aliphatic carbocycles. The second kappa shape index (κ2) is 21.5. The molecule has 14 heteroatoms. The van der Waals surface area contributed by atoms with E-state index in [0.717, 1.165) is 82.2 Å². The Morgan fingerprint density at radius 1 is 0.325 bits per heavy atom. The van der Waals surface area contributed by atoms with Gasteiger partial charge in [0.15, 0.2) is 15.3 Å². The highest BCUT2D eigenvalue weighted by Crippen LogP contribution is 2.65. The highest BCUT2D eigenvalue weighted by Gasteiger charge is 2.43. The first-order valence-electron chi connectivity index (χ1n) is 24.5. The largest absolute Gasteiger partial charge is 0.648 e. The van der Waals surface area contributed by atoms with E-state index >= 15 is 4.57 Å². The fourth-order valence-electron chi connectivity index (χ4n) is 9.88. The van der Waals surface area contributed by atoms with Crippen LogP contribution in [0.1, 0.15) is 33.4 Å². The van der Waals surface area contributed by atoms with Crippen molar-refractivity contribution in [1.29, 1.82) is 0 Å². The second-order valence-corrected chi connectivity index (χ2v) is 24.0. The Balaban J connectivity index is 1.17. The first kappa shape index (κ1) is 50.9. The van der Waals surface area contributed by atoms with Crippen molar-refractivity contribution in [3.8, 4) is 0 Å². The number of fused-ring (bicyclic) bond motifs is 6. The van der Waals surface area contributed by atoms with Gasteiger partial charge in [0.25, 0.3) is 0 Å². The van der Waals surface area contributed by atoms with E-state index < -0.39 is 7.82 Å². The molecule has 0 amide bonds. The van der Waals surface area contributed by atoms with E-state index in [1.807, 2.05) is 167 Å². The van der Waals surface area contributed by atoms with Crippen molar-refractivity contribution in [1.82, 2.24) is 0 Å². The number of halogens is 3. The first-order chi connectivity index (χ1) is 37.5. The molecule has 380 valence electrons. The second-order valence-electron chi connectivity index (χ2n) is 18.2. The van der Waals surface area contributed by atoms with E-state index in [-0.39, 0.29) is 15.3 Å². The summed E-state index contributed by atoms with van der Waals surface area (Å²) >= 11 is 23.6. The number of para-hydroxylation sites is 6. The molecule has 9 aromatic carbocycles. The molecule has 3 aliphatic heterocycles. The minimum atomic E-state index is -5.10. The van der Waals surface area contributed by atoms with Crippen LogP contribution in [0.15, 0.2) is 248 Å². The molecule has 77 heavy (non-hydrogen) atoms. The molecule has 0 bridgehead atoms. The maximum absolute atomic E-state index is 17.7. The van der Waals surface area contributed by atoms with Gasteiger partial charge in [0.1, 0.15) is 0 Å². The summed E-state index contributed by atoms with van der Waals surface area (Å²) in [6.07, 6.45) is 0. The lowest BCUT2D eigenvalue weighted by Crippen LogP contribution is -2.19. The minimum Gasteiger partial charge on any atom is -0.378 e. The van der Waals surface area contributed by atoms with E-state index in [1.54, 1.807) is 0 Å². The SMILES string of the molecule is CN1c2ccccc2C(=C(OP(=O)(OC(Sc2ccc(Cl)cc2)=C2c3ccccc3N(C)c3ccccc32)OC(Sc2ccc(Cl)cc2)=C2c3ccccc3N(C)c3ccccc32)Sc2ccc(Cl)cc2)c2ccccc21. The van der Waals surface area contributed by atoms with Gasteiger partial charge in [-0.15, -0.1) is 0 Å². The molecule has 12 rings (SSSR count). The molecule has 0 saturated heterocycles. The van der Waals surface area contributed by atoms with Crippen molar-refractivity contribution in [3.05, 3.63) is 282 Å². The molecule has 0 radical (unpaired) electrons. The summed E-state index contributed by atoms with van der Waals surface area (Å²) in [4.78, 5) is 8.80. The Kier molecular flexibility index (Phi) is 14.2. The van der Waals surface area contributed by atoms with Gasteiger partial charge in [0.2, 0.25) is 0 Å². The number of thioether (sulfide) groups is 3. The number of phosphoric acid groups is 1. The normalized spacial score (nSPS) is 13.1. The summed E-state index contributed by atoms with van der Waals surface area (Å²) in [5.41, 5.74) is 12.8. The van der Waals surface area contributed by atoms with Gasteiger partial charge in [-0.3, -0.25) is 0 Å². The van der Waals surface area contributed by atoms with Crippen LogP contribution in [-0.4, -0.2) is 21.1 Å². The van der Waals surface area contributed by atoms with Gasteiger partial charge in [0.05, 0.1) is 0 Å². The van der Waals surface area contributed by atoms with Crippen molar-refractivity contribution in [2.45, 2.75) is 14.7 Å². The third-order valence-electron chi connectivity index (χ3n) is 13.5. The zero-order valence-corrected chi connectivity index (χ0v) is 47.2. The molecular weight excluding hydrogens is 1100 g/mol. The van der Waals surface area contributed by atoms with E-state index in [9.17, 15) is 0 Å². The molecule has 0 unspecified atom stereocenters.